The van der Waals surface area contributed by atoms with Gasteiger partial charge in [-0.1, -0.05) is 42.1 Å². The fourth-order valence-electron chi connectivity index (χ4n) is 3.36. The highest BCUT2D eigenvalue weighted by atomic mass is 32.2. The molecule has 1 aromatic heterocycles. The van der Waals surface area contributed by atoms with Crippen molar-refractivity contribution in [2.45, 2.75) is 5.16 Å². The zero-order chi connectivity index (χ0) is 23.2. The molecule has 7 nitrogen and oxygen atoms in total. The Labute approximate surface area is 196 Å². The van der Waals surface area contributed by atoms with E-state index in [2.05, 4.69) is 10.2 Å². The average molecular weight is 462 g/mol. The van der Waals surface area contributed by atoms with Gasteiger partial charge >= 0.3 is 0 Å². The van der Waals surface area contributed by atoms with Crippen LogP contribution >= 0.6 is 11.8 Å². The first-order valence-electron chi connectivity index (χ1n) is 10.2. The number of ether oxygens (including phenoxy) is 3. The molecular formula is C25H23N3O4S. The summed E-state index contributed by atoms with van der Waals surface area (Å²) >= 11 is 1.32. The lowest BCUT2D eigenvalue weighted by Gasteiger charge is -2.12. The molecule has 0 radical (unpaired) electrons. The van der Waals surface area contributed by atoms with E-state index in [1.165, 1.54) is 18.9 Å². The summed E-state index contributed by atoms with van der Waals surface area (Å²) in [5.74, 6) is 2.55. The molecule has 8 heteroatoms. The molecule has 0 atom stereocenters. The number of hydrogen-bond acceptors (Lipinski definition) is 7. The lowest BCUT2D eigenvalue weighted by molar-refractivity contribution is 0.101. The van der Waals surface area contributed by atoms with E-state index in [9.17, 15) is 4.79 Å². The molecule has 0 saturated carbocycles. The van der Waals surface area contributed by atoms with Crippen LogP contribution in [0.2, 0.25) is 0 Å². The van der Waals surface area contributed by atoms with Gasteiger partial charge in [0.05, 0.1) is 32.6 Å². The SMILES string of the molecule is COc1cccc(-c2nnc(SCC(=O)c3cc(OC)ccc3OC)n2-c2ccccc2)c1. The Morgan fingerprint density at radius 2 is 1.61 bits per heavy atom. The molecule has 4 aromatic rings. The molecule has 0 N–H and O–H groups in total. The van der Waals surface area contributed by atoms with Crippen molar-refractivity contribution in [3.05, 3.63) is 78.4 Å². The van der Waals surface area contributed by atoms with Crippen LogP contribution in [0, 0.1) is 0 Å². The highest BCUT2D eigenvalue weighted by molar-refractivity contribution is 7.99. The molecule has 0 bridgehead atoms. The standard InChI is InChI=1S/C25H23N3O4S/c1-30-19-11-7-8-17(14-19)24-26-27-25(28(24)18-9-5-4-6-10-18)33-16-22(29)21-15-20(31-2)12-13-23(21)32-3/h4-15H,16H2,1-3H3. The van der Waals surface area contributed by atoms with Gasteiger partial charge in [-0.15, -0.1) is 10.2 Å². The lowest BCUT2D eigenvalue weighted by atomic mass is 10.1. The number of carbonyl (C=O) groups is 1. The van der Waals surface area contributed by atoms with E-state index in [4.69, 9.17) is 14.2 Å². The number of nitrogens with zero attached hydrogens (tertiary/aromatic N) is 3. The van der Waals surface area contributed by atoms with Crippen LogP contribution < -0.4 is 14.2 Å². The molecule has 4 rings (SSSR count). The first-order chi connectivity index (χ1) is 16.1. The number of ketones is 1. The van der Waals surface area contributed by atoms with Crippen molar-refractivity contribution < 1.29 is 19.0 Å². The fourth-order valence-corrected chi connectivity index (χ4v) is 4.20. The molecule has 0 spiro atoms. The first-order valence-corrected chi connectivity index (χ1v) is 11.2. The Kier molecular flexibility index (Phi) is 6.95. The topological polar surface area (TPSA) is 75.5 Å². The highest BCUT2D eigenvalue weighted by Gasteiger charge is 2.20. The van der Waals surface area contributed by atoms with Crippen molar-refractivity contribution in [3.63, 3.8) is 0 Å². The third kappa shape index (κ3) is 4.85. The van der Waals surface area contributed by atoms with Crippen LogP contribution in [0.4, 0.5) is 0 Å². The summed E-state index contributed by atoms with van der Waals surface area (Å²) < 4.78 is 17.9. The molecule has 0 unspecified atom stereocenters. The second kappa shape index (κ2) is 10.2. The van der Waals surface area contributed by atoms with E-state index in [0.717, 1.165) is 17.0 Å². The molecule has 0 aliphatic heterocycles. The molecule has 0 fully saturated rings. The van der Waals surface area contributed by atoms with Gasteiger partial charge in [0, 0.05) is 11.3 Å². The van der Waals surface area contributed by atoms with E-state index in [1.54, 1.807) is 32.4 Å². The van der Waals surface area contributed by atoms with Gasteiger partial charge in [-0.25, -0.2) is 0 Å². The first kappa shape index (κ1) is 22.4. The van der Waals surface area contributed by atoms with E-state index >= 15 is 0 Å². The van der Waals surface area contributed by atoms with Crippen LogP contribution in [-0.2, 0) is 0 Å². The smallest absolute Gasteiger partial charge is 0.196 e. The summed E-state index contributed by atoms with van der Waals surface area (Å²) in [6.07, 6.45) is 0. The second-order valence-corrected chi connectivity index (χ2v) is 7.93. The minimum absolute atomic E-state index is 0.0960. The molecule has 0 aliphatic rings. The second-order valence-electron chi connectivity index (χ2n) is 6.99. The van der Waals surface area contributed by atoms with Crippen LogP contribution in [0.15, 0.2) is 78.0 Å². The summed E-state index contributed by atoms with van der Waals surface area (Å²) in [6.45, 7) is 0. The van der Waals surface area contributed by atoms with E-state index < -0.39 is 0 Å². The van der Waals surface area contributed by atoms with Crippen LogP contribution in [0.25, 0.3) is 17.1 Å². The van der Waals surface area contributed by atoms with Crippen LogP contribution in [0.1, 0.15) is 10.4 Å². The molecular weight excluding hydrogens is 438 g/mol. The summed E-state index contributed by atoms with van der Waals surface area (Å²) in [4.78, 5) is 13.0. The van der Waals surface area contributed by atoms with Gasteiger partial charge in [-0.2, -0.15) is 0 Å². The molecule has 0 aliphatic carbocycles. The Morgan fingerprint density at radius 3 is 2.33 bits per heavy atom. The Bertz CT molecular complexity index is 1260. The predicted octanol–water partition coefficient (Wildman–Crippen LogP) is 4.94. The van der Waals surface area contributed by atoms with Gasteiger partial charge in [0.2, 0.25) is 0 Å². The maximum atomic E-state index is 13.0. The average Bonchev–Trinajstić information content (AvgIpc) is 3.31. The van der Waals surface area contributed by atoms with Gasteiger partial charge < -0.3 is 14.2 Å². The molecule has 33 heavy (non-hydrogen) atoms. The van der Waals surface area contributed by atoms with E-state index in [1.807, 2.05) is 59.2 Å². The van der Waals surface area contributed by atoms with Gasteiger partial charge in [-0.3, -0.25) is 9.36 Å². The summed E-state index contributed by atoms with van der Waals surface area (Å²) in [5, 5.41) is 9.43. The van der Waals surface area contributed by atoms with E-state index in [-0.39, 0.29) is 11.5 Å². The fraction of sp³-hybridized carbons (Fsp3) is 0.160. The Morgan fingerprint density at radius 1 is 0.848 bits per heavy atom. The van der Waals surface area contributed by atoms with Gasteiger partial charge in [0.15, 0.2) is 16.8 Å². The van der Waals surface area contributed by atoms with Crippen molar-refractivity contribution in [1.82, 2.24) is 14.8 Å². The maximum Gasteiger partial charge on any atom is 0.196 e. The van der Waals surface area contributed by atoms with Crippen molar-refractivity contribution in [1.29, 1.82) is 0 Å². The van der Waals surface area contributed by atoms with Gasteiger partial charge in [0.25, 0.3) is 0 Å². The lowest BCUT2D eigenvalue weighted by Crippen LogP contribution is -2.07. The maximum absolute atomic E-state index is 13.0. The minimum atomic E-state index is -0.0960. The third-order valence-electron chi connectivity index (χ3n) is 5.02. The molecule has 0 saturated heterocycles. The number of thioether (sulfide) groups is 1. The monoisotopic (exact) mass is 461 g/mol. The van der Waals surface area contributed by atoms with E-state index in [0.29, 0.717) is 28.0 Å². The number of rotatable bonds is 9. The summed E-state index contributed by atoms with van der Waals surface area (Å²) in [6, 6.07) is 22.6. The van der Waals surface area contributed by atoms with Crippen molar-refractivity contribution in [3.8, 4) is 34.3 Å². The number of methoxy groups -OCH3 is 3. The van der Waals surface area contributed by atoms with Gasteiger partial charge in [0.1, 0.15) is 17.2 Å². The number of benzene rings is 3. The molecule has 168 valence electrons. The highest BCUT2D eigenvalue weighted by Crippen LogP contribution is 2.31. The summed E-state index contributed by atoms with van der Waals surface area (Å²) in [5.41, 5.74) is 2.22. The molecule has 0 amide bonds. The number of Topliss-reactive ketones (excluding diaryl/α,β-unsaturated/α-hetero) is 1. The number of carbonyl (C=O) groups excluding carboxylic acids is 1. The number of aromatic nitrogens is 3. The van der Waals surface area contributed by atoms with Crippen LogP contribution in [0.5, 0.6) is 17.2 Å². The third-order valence-corrected chi connectivity index (χ3v) is 5.94. The largest absolute Gasteiger partial charge is 0.497 e. The normalized spacial score (nSPS) is 10.6. The Hall–Kier alpha value is -3.78. The van der Waals surface area contributed by atoms with Crippen molar-refractivity contribution in [2.24, 2.45) is 0 Å². The number of para-hydroxylation sites is 1. The minimum Gasteiger partial charge on any atom is -0.497 e. The van der Waals surface area contributed by atoms with Crippen LogP contribution in [-0.4, -0.2) is 47.6 Å². The van der Waals surface area contributed by atoms with Crippen molar-refractivity contribution in [2.75, 3.05) is 27.1 Å². The van der Waals surface area contributed by atoms with Crippen LogP contribution in [0.3, 0.4) is 0 Å². The predicted molar refractivity (Wildman–Crippen MR) is 128 cm³/mol. The molecule has 3 aromatic carbocycles. The van der Waals surface area contributed by atoms with Crippen molar-refractivity contribution >= 4 is 17.5 Å². The Balaban J connectivity index is 1.67. The summed E-state index contributed by atoms with van der Waals surface area (Å²) in [7, 11) is 4.73. The van der Waals surface area contributed by atoms with Gasteiger partial charge in [-0.05, 0) is 42.5 Å². The molecule has 1 heterocycles. The zero-order valence-corrected chi connectivity index (χ0v) is 19.3. The zero-order valence-electron chi connectivity index (χ0n) is 18.5. The number of hydrogen-bond donors (Lipinski definition) is 0. The quantitative estimate of drug-likeness (QED) is 0.258.